The molecule has 0 radical (unpaired) electrons. The van der Waals surface area contributed by atoms with Crippen molar-refractivity contribution >= 4 is 23.3 Å². The second-order valence-electron chi connectivity index (χ2n) is 8.92. The largest absolute Gasteiger partial charge is 0.491 e. The number of rotatable bonds is 3. The minimum absolute atomic E-state index is 0.0253. The summed E-state index contributed by atoms with van der Waals surface area (Å²) >= 11 is 0. The molecule has 1 heterocycles. The molecule has 8 nitrogen and oxygen atoms in total. The number of benzene rings is 2. The van der Waals surface area contributed by atoms with Crippen LogP contribution in [0.3, 0.4) is 0 Å². The molecule has 0 aliphatic carbocycles. The van der Waals surface area contributed by atoms with Crippen molar-refractivity contribution in [2.45, 2.75) is 32.2 Å². The van der Waals surface area contributed by atoms with Gasteiger partial charge in [0.1, 0.15) is 12.4 Å². The van der Waals surface area contributed by atoms with Gasteiger partial charge in [0.15, 0.2) is 0 Å². The van der Waals surface area contributed by atoms with Crippen molar-refractivity contribution in [3.8, 4) is 5.75 Å². The number of methoxy groups -OCH3 is 1. The standard InChI is InChI=1S/C25H31F3N4O4/c1-15-12-29-16(2)14-36-21-10-9-19(11-20(21)23(33)32(3)13-22(15)35-4)31-24(34)30-18-7-5-17(6-8-18)25(26,27)28/h5-11,15-16,22,29H,12-14H2,1-4H3,(H2,30,31,34)/t15-,16-,22+/m0/s1. The van der Waals surface area contributed by atoms with Gasteiger partial charge in [0.05, 0.1) is 17.2 Å². The molecule has 0 fully saturated rings. The molecule has 3 amide bonds. The van der Waals surface area contributed by atoms with E-state index >= 15 is 0 Å². The molecule has 0 aromatic heterocycles. The minimum atomic E-state index is -4.46. The molecule has 0 saturated carbocycles. The van der Waals surface area contributed by atoms with E-state index < -0.39 is 17.8 Å². The third-order valence-electron chi connectivity index (χ3n) is 5.95. The lowest BCUT2D eigenvalue weighted by Crippen LogP contribution is -2.44. The molecule has 0 unspecified atom stereocenters. The van der Waals surface area contributed by atoms with Crippen molar-refractivity contribution < 1.29 is 32.2 Å². The monoisotopic (exact) mass is 508 g/mol. The molecule has 2 aromatic carbocycles. The summed E-state index contributed by atoms with van der Waals surface area (Å²) < 4.78 is 49.8. The van der Waals surface area contributed by atoms with E-state index in [0.717, 1.165) is 24.3 Å². The van der Waals surface area contributed by atoms with Crippen LogP contribution in [-0.2, 0) is 10.9 Å². The third-order valence-corrected chi connectivity index (χ3v) is 5.95. The Balaban J connectivity index is 1.78. The highest BCUT2D eigenvalue weighted by Gasteiger charge is 2.30. The number of fused-ring (bicyclic) bond motifs is 1. The number of alkyl halides is 3. The van der Waals surface area contributed by atoms with Gasteiger partial charge in [0, 0.05) is 44.7 Å². The Hall–Kier alpha value is -3.31. The Morgan fingerprint density at radius 2 is 1.75 bits per heavy atom. The first-order valence-corrected chi connectivity index (χ1v) is 11.5. The summed E-state index contributed by atoms with van der Waals surface area (Å²) in [6, 6.07) is 8.14. The maximum atomic E-state index is 13.3. The summed E-state index contributed by atoms with van der Waals surface area (Å²) in [5.74, 6) is 0.220. The number of carbonyl (C=O) groups is 2. The van der Waals surface area contributed by atoms with Crippen LogP contribution in [0.1, 0.15) is 29.8 Å². The Morgan fingerprint density at radius 1 is 1.11 bits per heavy atom. The maximum absolute atomic E-state index is 13.3. The second kappa shape index (κ2) is 11.6. The first-order valence-electron chi connectivity index (χ1n) is 11.5. The van der Waals surface area contributed by atoms with E-state index in [-0.39, 0.29) is 35.2 Å². The Morgan fingerprint density at radius 3 is 2.39 bits per heavy atom. The van der Waals surface area contributed by atoms with Gasteiger partial charge >= 0.3 is 12.2 Å². The van der Waals surface area contributed by atoms with Gasteiger partial charge in [-0.25, -0.2) is 4.79 Å². The van der Waals surface area contributed by atoms with Gasteiger partial charge in [-0.05, 0) is 55.3 Å². The fourth-order valence-electron chi connectivity index (χ4n) is 3.77. The van der Waals surface area contributed by atoms with Crippen molar-refractivity contribution in [1.29, 1.82) is 0 Å². The summed E-state index contributed by atoms with van der Waals surface area (Å²) in [5, 5.41) is 8.50. The highest BCUT2D eigenvalue weighted by atomic mass is 19.4. The number of nitrogens with zero attached hydrogens (tertiary/aromatic N) is 1. The van der Waals surface area contributed by atoms with Gasteiger partial charge in [0.25, 0.3) is 5.91 Å². The van der Waals surface area contributed by atoms with E-state index in [1.165, 1.54) is 6.07 Å². The molecule has 1 aliphatic heterocycles. The summed E-state index contributed by atoms with van der Waals surface area (Å²) in [5.41, 5.74) is -0.0451. The highest BCUT2D eigenvalue weighted by Crippen LogP contribution is 2.30. The first-order chi connectivity index (χ1) is 17.0. The van der Waals surface area contributed by atoms with Crippen LogP contribution in [0.25, 0.3) is 0 Å². The Bertz CT molecular complexity index is 1060. The predicted molar refractivity (Wildman–Crippen MR) is 130 cm³/mol. The number of ether oxygens (including phenoxy) is 2. The topological polar surface area (TPSA) is 91.9 Å². The molecule has 11 heteroatoms. The molecule has 0 spiro atoms. The van der Waals surface area contributed by atoms with E-state index in [1.54, 1.807) is 31.2 Å². The number of amides is 3. The molecular weight excluding hydrogens is 477 g/mol. The lowest BCUT2D eigenvalue weighted by atomic mass is 10.0. The molecule has 3 rings (SSSR count). The molecule has 3 N–H and O–H groups in total. The molecule has 1 aliphatic rings. The first kappa shape index (κ1) is 27.3. The lowest BCUT2D eigenvalue weighted by molar-refractivity contribution is -0.137. The Labute approximate surface area is 208 Å². The van der Waals surface area contributed by atoms with Gasteiger partial charge in [0.2, 0.25) is 0 Å². The van der Waals surface area contributed by atoms with Crippen LogP contribution >= 0.6 is 0 Å². The van der Waals surface area contributed by atoms with E-state index in [4.69, 9.17) is 9.47 Å². The van der Waals surface area contributed by atoms with Gasteiger partial charge < -0.3 is 30.3 Å². The predicted octanol–water partition coefficient (Wildman–Crippen LogP) is 4.44. The quantitative estimate of drug-likeness (QED) is 0.570. The van der Waals surface area contributed by atoms with Crippen LogP contribution in [-0.4, -0.2) is 62.8 Å². The lowest BCUT2D eigenvalue weighted by Gasteiger charge is -2.30. The smallest absolute Gasteiger partial charge is 0.416 e. The van der Waals surface area contributed by atoms with E-state index in [9.17, 15) is 22.8 Å². The average molecular weight is 509 g/mol. The van der Waals surface area contributed by atoms with Crippen LogP contribution in [0.15, 0.2) is 42.5 Å². The molecule has 36 heavy (non-hydrogen) atoms. The van der Waals surface area contributed by atoms with Crippen molar-refractivity contribution in [3.05, 3.63) is 53.6 Å². The van der Waals surface area contributed by atoms with Gasteiger partial charge in [-0.3, -0.25) is 4.79 Å². The SMILES string of the molecule is CO[C@@H]1CN(C)C(=O)c2cc(NC(=O)Nc3ccc(C(F)(F)F)cc3)ccc2OC[C@H](C)NC[C@@H]1C. The number of hydrogen-bond acceptors (Lipinski definition) is 5. The zero-order chi connectivity index (χ0) is 26.5. The van der Waals surface area contributed by atoms with Crippen molar-refractivity contribution in [2.24, 2.45) is 5.92 Å². The van der Waals surface area contributed by atoms with Gasteiger partial charge in [-0.15, -0.1) is 0 Å². The van der Waals surface area contributed by atoms with Gasteiger partial charge in [-0.2, -0.15) is 13.2 Å². The molecule has 0 bridgehead atoms. The molecule has 3 atom stereocenters. The number of anilines is 2. The average Bonchev–Trinajstić information content (AvgIpc) is 2.83. The van der Waals surface area contributed by atoms with Crippen LogP contribution in [0.2, 0.25) is 0 Å². The number of nitrogens with one attached hydrogen (secondary N) is 3. The summed E-state index contributed by atoms with van der Waals surface area (Å²) in [6.45, 7) is 5.42. The molecular formula is C25H31F3N4O4. The van der Waals surface area contributed by atoms with E-state index in [2.05, 4.69) is 16.0 Å². The molecule has 0 saturated heterocycles. The number of likely N-dealkylation sites (N-methyl/N-ethyl adjacent to an activating group) is 1. The van der Waals surface area contributed by atoms with E-state index in [1.807, 2.05) is 13.8 Å². The number of hydrogen-bond donors (Lipinski definition) is 3. The van der Waals surface area contributed by atoms with Gasteiger partial charge in [-0.1, -0.05) is 6.92 Å². The number of carbonyl (C=O) groups excluding carboxylic acids is 2. The maximum Gasteiger partial charge on any atom is 0.416 e. The van der Waals surface area contributed by atoms with Crippen molar-refractivity contribution in [2.75, 3.05) is 44.5 Å². The minimum Gasteiger partial charge on any atom is -0.491 e. The fraction of sp³-hybridized carbons (Fsp3) is 0.440. The van der Waals surface area contributed by atoms with Crippen LogP contribution < -0.4 is 20.7 Å². The van der Waals surface area contributed by atoms with Crippen molar-refractivity contribution in [1.82, 2.24) is 10.2 Å². The molecule has 2 aromatic rings. The van der Waals surface area contributed by atoms with Crippen LogP contribution in [0, 0.1) is 5.92 Å². The fourth-order valence-corrected chi connectivity index (χ4v) is 3.77. The van der Waals surface area contributed by atoms with Crippen LogP contribution in [0.5, 0.6) is 5.75 Å². The van der Waals surface area contributed by atoms with E-state index in [0.29, 0.717) is 31.1 Å². The highest BCUT2D eigenvalue weighted by molar-refractivity contribution is 6.02. The zero-order valence-corrected chi connectivity index (χ0v) is 20.6. The summed E-state index contributed by atoms with van der Waals surface area (Å²) in [7, 11) is 3.28. The van der Waals surface area contributed by atoms with Crippen LogP contribution in [0.4, 0.5) is 29.3 Å². The third kappa shape index (κ3) is 7.11. The van der Waals surface area contributed by atoms with Crippen molar-refractivity contribution in [3.63, 3.8) is 0 Å². The second-order valence-corrected chi connectivity index (χ2v) is 8.92. The normalized spacial score (nSPS) is 21.5. The summed E-state index contributed by atoms with van der Waals surface area (Å²) in [6.07, 6.45) is -4.65. The number of halogens is 3. The number of urea groups is 1. The Kier molecular flexibility index (Phi) is 8.80. The zero-order valence-electron chi connectivity index (χ0n) is 20.6. The molecule has 196 valence electrons. The summed E-state index contributed by atoms with van der Waals surface area (Å²) in [4.78, 5) is 27.3.